The Morgan fingerprint density at radius 3 is 2.50 bits per heavy atom. The molecule has 0 aliphatic rings. The maximum Gasteiger partial charge on any atom is 0.260 e. The van der Waals surface area contributed by atoms with Crippen molar-refractivity contribution in [1.82, 2.24) is 4.90 Å². The SMILES string of the molecule is CCc1ccccc1OCC(=O)N(C)Cc1ccc(Br)cc1. The van der Waals surface area contributed by atoms with Gasteiger partial charge in [-0.15, -0.1) is 0 Å². The summed E-state index contributed by atoms with van der Waals surface area (Å²) in [5.74, 6) is 0.754. The van der Waals surface area contributed by atoms with Gasteiger partial charge in [0.05, 0.1) is 0 Å². The van der Waals surface area contributed by atoms with E-state index < -0.39 is 0 Å². The second-order valence-corrected chi connectivity index (χ2v) is 6.04. The molecule has 0 saturated carbocycles. The molecule has 0 saturated heterocycles. The molecule has 0 fully saturated rings. The molecule has 1 amide bonds. The van der Waals surface area contributed by atoms with E-state index in [2.05, 4.69) is 22.9 Å². The maximum absolute atomic E-state index is 12.2. The number of para-hydroxylation sites is 1. The molecule has 2 aromatic rings. The Balaban J connectivity index is 1.90. The first-order valence-electron chi connectivity index (χ1n) is 7.29. The highest BCUT2D eigenvalue weighted by atomic mass is 79.9. The molecule has 0 aliphatic carbocycles. The lowest BCUT2D eigenvalue weighted by Crippen LogP contribution is -2.31. The zero-order valence-corrected chi connectivity index (χ0v) is 14.5. The first-order valence-corrected chi connectivity index (χ1v) is 8.08. The smallest absolute Gasteiger partial charge is 0.260 e. The molecule has 116 valence electrons. The normalized spacial score (nSPS) is 10.3. The van der Waals surface area contributed by atoms with Crippen LogP contribution in [0, 0.1) is 0 Å². The van der Waals surface area contributed by atoms with E-state index in [0.717, 1.165) is 27.8 Å². The molecule has 0 bridgehead atoms. The predicted molar refractivity (Wildman–Crippen MR) is 91.9 cm³/mol. The Morgan fingerprint density at radius 1 is 1.14 bits per heavy atom. The van der Waals surface area contributed by atoms with Crippen molar-refractivity contribution < 1.29 is 9.53 Å². The van der Waals surface area contributed by atoms with Crippen LogP contribution < -0.4 is 4.74 Å². The Kier molecular flexibility index (Phi) is 6.01. The van der Waals surface area contributed by atoms with E-state index in [-0.39, 0.29) is 12.5 Å². The lowest BCUT2D eigenvalue weighted by Gasteiger charge is -2.18. The van der Waals surface area contributed by atoms with Crippen molar-refractivity contribution in [2.75, 3.05) is 13.7 Å². The van der Waals surface area contributed by atoms with Crippen LogP contribution in [0.1, 0.15) is 18.1 Å². The number of nitrogens with zero attached hydrogens (tertiary/aromatic N) is 1. The molecule has 0 spiro atoms. The lowest BCUT2D eigenvalue weighted by molar-refractivity contribution is -0.132. The molecule has 0 aliphatic heterocycles. The number of hydrogen-bond acceptors (Lipinski definition) is 2. The van der Waals surface area contributed by atoms with Crippen LogP contribution in [0.3, 0.4) is 0 Å². The van der Waals surface area contributed by atoms with E-state index in [9.17, 15) is 4.79 Å². The van der Waals surface area contributed by atoms with Crippen molar-refractivity contribution in [3.63, 3.8) is 0 Å². The zero-order valence-electron chi connectivity index (χ0n) is 12.9. The van der Waals surface area contributed by atoms with Crippen molar-refractivity contribution in [3.05, 3.63) is 64.1 Å². The minimum absolute atomic E-state index is 0.0335. The van der Waals surface area contributed by atoms with E-state index in [1.54, 1.807) is 11.9 Å². The number of carbonyl (C=O) groups excluding carboxylic acids is 1. The summed E-state index contributed by atoms with van der Waals surface area (Å²) in [5.41, 5.74) is 2.21. The number of ether oxygens (including phenoxy) is 1. The van der Waals surface area contributed by atoms with E-state index in [4.69, 9.17) is 4.74 Å². The van der Waals surface area contributed by atoms with Crippen molar-refractivity contribution >= 4 is 21.8 Å². The first kappa shape index (κ1) is 16.6. The molecular formula is C18H20BrNO2. The number of benzene rings is 2. The largest absolute Gasteiger partial charge is 0.483 e. The van der Waals surface area contributed by atoms with Crippen molar-refractivity contribution in [3.8, 4) is 5.75 Å². The van der Waals surface area contributed by atoms with Crippen LogP contribution in [-0.4, -0.2) is 24.5 Å². The second-order valence-electron chi connectivity index (χ2n) is 5.13. The molecule has 0 N–H and O–H groups in total. The number of likely N-dealkylation sites (N-methyl/N-ethyl adjacent to an activating group) is 1. The molecule has 2 rings (SSSR count). The molecule has 0 heterocycles. The van der Waals surface area contributed by atoms with Crippen LogP contribution in [0.2, 0.25) is 0 Å². The third-order valence-corrected chi connectivity index (χ3v) is 3.99. The van der Waals surface area contributed by atoms with Gasteiger partial charge in [-0.2, -0.15) is 0 Å². The van der Waals surface area contributed by atoms with Crippen molar-refractivity contribution in [2.24, 2.45) is 0 Å². The number of rotatable bonds is 6. The predicted octanol–water partition coefficient (Wildman–Crippen LogP) is 4.05. The van der Waals surface area contributed by atoms with Gasteiger partial charge >= 0.3 is 0 Å². The van der Waals surface area contributed by atoms with E-state index >= 15 is 0 Å². The molecule has 22 heavy (non-hydrogen) atoms. The molecule has 0 unspecified atom stereocenters. The minimum atomic E-state index is -0.0335. The van der Waals surface area contributed by atoms with Gasteiger partial charge in [0, 0.05) is 18.1 Å². The lowest BCUT2D eigenvalue weighted by atomic mass is 10.1. The van der Waals surface area contributed by atoms with Gasteiger partial charge in [-0.1, -0.05) is 53.2 Å². The van der Waals surface area contributed by atoms with Crippen LogP contribution in [0.5, 0.6) is 5.75 Å². The number of halogens is 1. The van der Waals surface area contributed by atoms with Crippen LogP contribution >= 0.6 is 15.9 Å². The summed E-state index contributed by atoms with van der Waals surface area (Å²) in [6.07, 6.45) is 0.888. The Hall–Kier alpha value is -1.81. The fraction of sp³-hybridized carbons (Fsp3) is 0.278. The average molecular weight is 362 g/mol. The van der Waals surface area contributed by atoms with Gasteiger partial charge in [0.2, 0.25) is 0 Å². The van der Waals surface area contributed by atoms with E-state index in [1.807, 2.05) is 48.5 Å². The van der Waals surface area contributed by atoms with Crippen LogP contribution in [0.4, 0.5) is 0 Å². The Bertz CT molecular complexity index is 625. The standard InChI is InChI=1S/C18H20BrNO2/c1-3-15-6-4-5-7-17(15)22-13-18(21)20(2)12-14-8-10-16(19)11-9-14/h4-11H,3,12-13H2,1-2H3. The van der Waals surface area contributed by atoms with Crippen molar-refractivity contribution in [2.45, 2.75) is 19.9 Å². The number of aryl methyl sites for hydroxylation is 1. The van der Waals surface area contributed by atoms with Gasteiger partial charge in [0.1, 0.15) is 5.75 Å². The first-order chi connectivity index (χ1) is 10.6. The Morgan fingerprint density at radius 2 is 1.82 bits per heavy atom. The number of hydrogen-bond donors (Lipinski definition) is 0. The summed E-state index contributed by atoms with van der Waals surface area (Å²) in [6, 6.07) is 15.8. The molecular weight excluding hydrogens is 342 g/mol. The van der Waals surface area contributed by atoms with Gasteiger partial charge in [-0.25, -0.2) is 0 Å². The molecule has 3 nitrogen and oxygen atoms in total. The van der Waals surface area contributed by atoms with E-state index in [1.165, 1.54) is 0 Å². The monoisotopic (exact) mass is 361 g/mol. The number of carbonyl (C=O) groups is 1. The van der Waals surface area contributed by atoms with Gasteiger partial charge in [0.25, 0.3) is 5.91 Å². The Labute approximate surface area is 140 Å². The van der Waals surface area contributed by atoms with Crippen LogP contribution in [0.15, 0.2) is 53.0 Å². The van der Waals surface area contributed by atoms with Crippen LogP contribution in [-0.2, 0) is 17.8 Å². The molecule has 0 aromatic heterocycles. The quantitative estimate of drug-likeness (QED) is 0.776. The maximum atomic E-state index is 12.2. The van der Waals surface area contributed by atoms with Gasteiger partial charge < -0.3 is 9.64 Å². The summed E-state index contributed by atoms with van der Waals surface area (Å²) >= 11 is 3.40. The van der Waals surface area contributed by atoms with Gasteiger partial charge in [0.15, 0.2) is 6.61 Å². The summed E-state index contributed by atoms with van der Waals surface area (Å²) in [6.45, 7) is 2.71. The third kappa shape index (κ3) is 4.60. The van der Waals surface area contributed by atoms with Gasteiger partial charge in [-0.05, 0) is 35.7 Å². The zero-order chi connectivity index (χ0) is 15.9. The number of amides is 1. The van der Waals surface area contributed by atoms with Crippen molar-refractivity contribution in [1.29, 1.82) is 0 Å². The van der Waals surface area contributed by atoms with Crippen LogP contribution in [0.25, 0.3) is 0 Å². The molecule has 2 aromatic carbocycles. The topological polar surface area (TPSA) is 29.5 Å². The molecule has 0 atom stereocenters. The summed E-state index contributed by atoms with van der Waals surface area (Å²) in [5, 5.41) is 0. The molecule has 4 heteroatoms. The summed E-state index contributed by atoms with van der Waals surface area (Å²) < 4.78 is 6.70. The van der Waals surface area contributed by atoms with E-state index in [0.29, 0.717) is 6.54 Å². The fourth-order valence-corrected chi connectivity index (χ4v) is 2.40. The summed E-state index contributed by atoms with van der Waals surface area (Å²) in [7, 11) is 1.79. The molecule has 0 radical (unpaired) electrons. The minimum Gasteiger partial charge on any atom is -0.483 e. The highest BCUT2D eigenvalue weighted by Gasteiger charge is 2.11. The average Bonchev–Trinajstić information content (AvgIpc) is 2.54. The fourth-order valence-electron chi connectivity index (χ4n) is 2.14. The second kappa shape index (κ2) is 7.99. The highest BCUT2D eigenvalue weighted by molar-refractivity contribution is 9.10. The summed E-state index contributed by atoms with van der Waals surface area (Å²) in [4.78, 5) is 13.9. The van der Waals surface area contributed by atoms with Gasteiger partial charge in [-0.3, -0.25) is 4.79 Å². The third-order valence-electron chi connectivity index (χ3n) is 3.46. The highest BCUT2D eigenvalue weighted by Crippen LogP contribution is 2.18.